The zero-order chi connectivity index (χ0) is 11.5. The van der Waals surface area contributed by atoms with Gasteiger partial charge in [-0.25, -0.2) is 4.79 Å². The molecule has 0 saturated heterocycles. The molecule has 80 valence electrons. The van der Waals surface area contributed by atoms with Crippen molar-refractivity contribution in [1.82, 2.24) is 0 Å². The summed E-state index contributed by atoms with van der Waals surface area (Å²) in [6.07, 6.45) is -3.67. The van der Waals surface area contributed by atoms with E-state index in [-0.39, 0.29) is 5.69 Å². The first kappa shape index (κ1) is 11.7. The Morgan fingerprint density at radius 1 is 1.40 bits per heavy atom. The van der Waals surface area contributed by atoms with E-state index in [0.717, 1.165) is 12.1 Å². The molecule has 7 heteroatoms. The molecular weight excluding hydrogens is 279 g/mol. The molecule has 1 rings (SSSR count). The summed E-state index contributed by atoms with van der Waals surface area (Å²) in [6, 6.07) is 3.60. The maximum atomic E-state index is 11.9. The normalized spacial score (nSPS) is 10.7. The number of rotatable bonds is 2. The van der Waals surface area contributed by atoms with Crippen LogP contribution in [0.2, 0.25) is 0 Å². The van der Waals surface area contributed by atoms with Gasteiger partial charge in [0.2, 0.25) is 6.08 Å². The van der Waals surface area contributed by atoms with Crippen LogP contribution in [0.5, 0.6) is 5.75 Å². The van der Waals surface area contributed by atoms with Gasteiger partial charge in [-0.2, -0.15) is 4.99 Å². The van der Waals surface area contributed by atoms with Gasteiger partial charge in [-0.05, 0) is 18.2 Å². The molecular formula is C8H3BrF3NO2. The van der Waals surface area contributed by atoms with Crippen molar-refractivity contribution in [3.05, 3.63) is 22.7 Å². The number of nitrogens with zero attached hydrogens (tertiary/aromatic N) is 1. The van der Waals surface area contributed by atoms with Gasteiger partial charge in [-0.3, -0.25) is 0 Å². The van der Waals surface area contributed by atoms with Crippen LogP contribution >= 0.6 is 15.9 Å². The highest BCUT2D eigenvalue weighted by Gasteiger charge is 2.32. The lowest BCUT2D eigenvalue weighted by molar-refractivity contribution is -0.274. The van der Waals surface area contributed by atoms with E-state index in [2.05, 4.69) is 25.7 Å². The van der Waals surface area contributed by atoms with E-state index in [1.165, 1.54) is 12.1 Å². The van der Waals surface area contributed by atoms with E-state index >= 15 is 0 Å². The van der Waals surface area contributed by atoms with E-state index in [1.54, 1.807) is 0 Å². The number of ether oxygens (including phenoxy) is 1. The highest BCUT2D eigenvalue weighted by atomic mass is 79.9. The summed E-state index contributed by atoms with van der Waals surface area (Å²) in [5, 5.41) is 0. The molecule has 15 heavy (non-hydrogen) atoms. The van der Waals surface area contributed by atoms with E-state index in [9.17, 15) is 18.0 Å². The molecule has 0 N–H and O–H groups in total. The van der Waals surface area contributed by atoms with Gasteiger partial charge >= 0.3 is 6.36 Å². The van der Waals surface area contributed by atoms with E-state index in [0.29, 0.717) is 4.47 Å². The Bertz CT molecular complexity index is 413. The lowest BCUT2D eigenvalue weighted by atomic mass is 10.3. The second-order valence-electron chi connectivity index (χ2n) is 2.36. The fraction of sp³-hybridized carbons (Fsp3) is 0.125. The molecule has 0 aliphatic rings. The van der Waals surface area contributed by atoms with Crippen molar-refractivity contribution < 1.29 is 22.7 Å². The van der Waals surface area contributed by atoms with Crippen LogP contribution in [0, 0.1) is 0 Å². The van der Waals surface area contributed by atoms with Crippen LogP contribution in [-0.2, 0) is 4.79 Å². The molecule has 0 radical (unpaired) electrons. The fourth-order valence-electron chi connectivity index (χ4n) is 0.838. The topological polar surface area (TPSA) is 38.7 Å². The largest absolute Gasteiger partial charge is 0.573 e. The summed E-state index contributed by atoms with van der Waals surface area (Å²) in [5.41, 5.74) is -0.239. The Hall–Kier alpha value is -1.33. The Labute approximate surface area is 90.7 Å². The van der Waals surface area contributed by atoms with Crippen molar-refractivity contribution in [2.24, 2.45) is 4.99 Å². The minimum Gasteiger partial charge on any atom is -0.403 e. The molecule has 0 unspecified atom stereocenters. The maximum absolute atomic E-state index is 11.9. The van der Waals surface area contributed by atoms with Crippen LogP contribution in [-0.4, -0.2) is 12.4 Å². The molecule has 0 aliphatic heterocycles. The van der Waals surface area contributed by atoms with Gasteiger partial charge in [0, 0.05) is 4.47 Å². The summed E-state index contributed by atoms with van der Waals surface area (Å²) in [5.74, 6) is -0.547. The van der Waals surface area contributed by atoms with E-state index < -0.39 is 12.1 Å². The monoisotopic (exact) mass is 281 g/mol. The fourth-order valence-corrected chi connectivity index (χ4v) is 1.19. The molecule has 0 aromatic heterocycles. The van der Waals surface area contributed by atoms with Crippen molar-refractivity contribution in [2.75, 3.05) is 0 Å². The Balaban J connectivity index is 3.11. The summed E-state index contributed by atoms with van der Waals surface area (Å²) >= 11 is 3.02. The van der Waals surface area contributed by atoms with Gasteiger partial charge < -0.3 is 4.74 Å². The van der Waals surface area contributed by atoms with Crippen molar-refractivity contribution in [3.63, 3.8) is 0 Å². The lowest BCUT2D eigenvalue weighted by Gasteiger charge is -2.10. The summed E-state index contributed by atoms with van der Waals surface area (Å²) in [6.45, 7) is 0. The molecule has 0 aliphatic carbocycles. The van der Waals surface area contributed by atoms with E-state index in [1.807, 2.05) is 0 Å². The average Bonchev–Trinajstić information content (AvgIpc) is 2.08. The quantitative estimate of drug-likeness (QED) is 0.616. The van der Waals surface area contributed by atoms with Gasteiger partial charge in [-0.15, -0.1) is 13.2 Å². The van der Waals surface area contributed by atoms with Gasteiger partial charge in [0.15, 0.2) is 5.75 Å². The molecule has 0 saturated carbocycles. The molecule has 1 aromatic carbocycles. The van der Waals surface area contributed by atoms with Crippen molar-refractivity contribution >= 4 is 27.7 Å². The average molecular weight is 282 g/mol. The second-order valence-corrected chi connectivity index (χ2v) is 3.28. The van der Waals surface area contributed by atoms with Crippen molar-refractivity contribution in [1.29, 1.82) is 0 Å². The standard InChI is InChI=1S/C8H3BrF3NO2/c9-5-1-2-7(15-8(10,11)12)6(3-5)13-4-14/h1-3H. The third-order valence-electron chi connectivity index (χ3n) is 1.31. The van der Waals surface area contributed by atoms with Crippen molar-refractivity contribution in [2.45, 2.75) is 6.36 Å². The summed E-state index contributed by atoms with van der Waals surface area (Å²) < 4.78 is 39.8. The van der Waals surface area contributed by atoms with Gasteiger partial charge in [-0.1, -0.05) is 15.9 Å². The van der Waals surface area contributed by atoms with Gasteiger partial charge in [0.25, 0.3) is 0 Å². The third-order valence-corrected chi connectivity index (χ3v) is 1.81. The van der Waals surface area contributed by atoms with Crippen LogP contribution in [0.15, 0.2) is 27.7 Å². The Morgan fingerprint density at radius 2 is 2.07 bits per heavy atom. The smallest absolute Gasteiger partial charge is 0.403 e. The highest BCUT2D eigenvalue weighted by molar-refractivity contribution is 9.10. The first-order chi connectivity index (χ1) is 6.92. The minimum absolute atomic E-state index is 0.239. The second kappa shape index (κ2) is 4.46. The molecule has 0 atom stereocenters. The number of carbonyl (C=O) groups excluding carboxylic acids is 1. The van der Waals surface area contributed by atoms with E-state index in [4.69, 9.17) is 0 Å². The highest BCUT2D eigenvalue weighted by Crippen LogP contribution is 2.34. The first-order valence-corrected chi connectivity index (χ1v) is 4.35. The van der Waals surface area contributed by atoms with Crippen LogP contribution in [0.25, 0.3) is 0 Å². The third kappa shape index (κ3) is 3.73. The molecule has 1 aromatic rings. The SMILES string of the molecule is O=C=Nc1cc(Br)ccc1OC(F)(F)F. The summed E-state index contributed by atoms with van der Waals surface area (Å²) in [7, 11) is 0. The number of alkyl halides is 3. The Kier molecular flexibility index (Phi) is 3.49. The lowest BCUT2D eigenvalue weighted by Crippen LogP contribution is -2.17. The number of benzene rings is 1. The zero-order valence-electron chi connectivity index (χ0n) is 7.01. The predicted octanol–water partition coefficient (Wildman–Crippen LogP) is 3.31. The minimum atomic E-state index is -4.82. The zero-order valence-corrected chi connectivity index (χ0v) is 8.59. The number of hydrogen-bond donors (Lipinski definition) is 0. The molecule has 3 nitrogen and oxygen atoms in total. The summed E-state index contributed by atoms with van der Waals surface area (Å²) in [4.78, 5) is 13.1. The van der Waals surface area contributed by atoms with Crippen LogP contribution in [0.1, 0.15) is 0 Å². The first-order valence-electron chi connectivity index (χ1n) is 3.55. The molecule has 0 fully saturated rings. The van der Waals surface area contributed by atoms with Crippen LogP contribution in [0.4, 0.5) is 18.9 Å². The molecule has 0 bridgehead atoms. The number of halogens is 4. The number of isocyanates is 1. The Morgan fingerprint density at radius 3 is 2.60 bits per heavy atom. The molecule has 0 spiro atoms. The predicted molar refractivity (Wildman–Crippen MR) is 48.6 cm³/mol. The number of hydrogen-bond acceptors (Lipinski definition) is 3. The van der Waals surface area contributed by atoms with Gasteiger partial charge in [0.1, 0.15) is 5.69 Å². The number of aliphatic imine (C=N–C) groups is 1. The maximum Gasteiger partial charge on any atom is 0.573 e. The molecule has 0 amide bonds. The van der Waals surface area contributed by atoms with Crippen LogP contribution in [0.3, 0.4) is 0 Å². The molecule has 0 heterocycles. The van der Waals surface area contributed by atoms with Crippen molar-refractivity contribution in [3.8, 4) is 5.75 Å². The van der Waals surface area contributed by atoms with Gasteiger partial charge in [0.05, 0.1) is 0 Å². The van der Waals surface area contributed by atoms with Crippen LogP contribution < -0.4 is 4.74 Å².